The molecule has 2 saturated heterocycles. The number of hydrogen-bond acceptors (Lipinski definition) is 3. The Morgan fingerprint density at radius 3 is 2.71 bits per heavy atom. The standard InChI is InChI=1S/C16H21N3O2/c1-19(2)16(21)10-4-3-5-11(8-10)18-15(20)13-9-12-6-7-14(13)17-12/h3-5,8,12-14,17H,6-7,9H2,1-2H3,(H,18,20). The zero-order valence-corrected chi connectivity index (χ0v) is 12.4. The van der Waals surface area contributed by atoms with Crippen molar-refractivity contribution in [2.45, 2.75) is 31.3 Å². The fourth-order valence-corrected chi connectivity index (χ4v) is 3.34. The molecule has 0 aliphatic carbocycles. The number of carbonyl (C=O) groups is 2. The van der Waals surface area contributed by atoms with Crippen molar-refractivity contribution in [3.05, 3.63) is 29.8 Å². The van der Waals surface area contributed by atoms with Crippen molar-refractivity contribution in [3.8, 4) is 0 Å². The summed E-state index contributed by atoms with van der Waals surface area (Å²) < 4.78 is 0. The van der Waals surface area contributed by atoms with Crippen LogP contribution in [-0.2, 0) is 4.79 Å². The first kappa shape index (κ1) is 14.1. The maximum Gasteiger partial charge on any atom is 0.253 e. The molecule has 0 aromatic heterocycles. The topological polar surface area (TPSA) is 61.4 Å². The van der Waals surface area contributed by atoms with Gasteiger partial charge in [-0.25, -0.2) is 0 Å². The van der Waals surface area contributed by atoms with Gasteiger partial charge in [0, 0.05) is 37.4 Å². The summed E-state index contributed by atoms with van der Waals surface area (Å²) >= 11 is 0. The van der Waals surface area contributed by atoms with Crippen LogP contribution >= 0.6 is 0 Å². The molecule has 5 nitrogen and oxygen atoms in total. The molecule has 0 saturated carbocycles. The van der Waals surface area contributed by atoms with Crippen molar-refractivity contribution < 1.29 is 9.59 Å². The van der Waals surface area contributed by atoms with Crippen LogP contribution in [0.25, 0.3) is 0 Å². The third kappa shape index (κ3) is 2.78. The van der Waals surface area contributed by atoms with Crippen LogP contribution in [0.5, 0.6) is 0 Å². The molecule has 2 N–H and O–H groups in total. The van der Waals surface area contributed by atoms with Gasteiger partial charge < -0.3 is 15.5 Å². The van der Waals surface area contributed by atoms with E-state index in [1.54, 1.807) is 32.3 Å². The van der Waals surface area contributed by atoms with Crippen LogP contribution in [-0.4, -0.2) is 42.9 Å². The molecular weight excluding hydrogens is 266 g/mol. The van der Waals surface area contributed by atoms with E-state index in [1.165, 1.54) is 11.3 Å². The molecule has 3 atom stereocenters. The number of nitrogens with one attached hydrogen (secondary N) is 2. The zero-order valence-electron chi connectivity index (χ0n) is 12.4. The zero-order chi connectivity index (χ0) is 15.0. The van der Waals surface area contributed by atoms with Crippen molar-refractivity contribution in [2.24, 2.45) is 5.92 Å². The van der Waals surface area contributed by atoms with Crippen molar-refractivity contribution in [1.82, 2.24) is 10.2 Å². The minimum absolute atomic E-state index is 0.0527. The van der Waals surface area contributed by atoms with Gasteiger partial charge in [0.2, 0.25) is 5.91 Å². The third-order valence-corrected chi connectivity index (χ3v) is 4.42. The summed E-state index contributed by atoms with van der Waals surface area (Å²) in [5.41, 5.74) is 1.28. The second-order valence-electron chi connectivity index (χ2n) is 6.16. The second-order valence-corrected chi connectivity index (χ2v) is 6.16. The van der Waals surface area contributed by atoms with Gasteiger partial charge in [0.15, 0.2) is 0 Å². The number of amides is 2. The van der Waals surface area contributed by atoms with Crippen LogP contribution < -0.4 is 10.6 Å². The van der Waals surface area contributed by atoms with Crippen molar-refractivity contribution in [1.29, 1.82) is 0 Å². The summed E-state index contributed by atoms with van der Waals surface area (Å²) in [7, 11) is 3.43. The summed E-state index contributed by atoms with van der Waals surface area (Å²) in [4.78, 5) is 25.8. The Morgan fingerprint density at radius 1 is 1.29 bits per heavy atom. The Morgan fingerprint density at radius 2 is 2.10 bits per heavy atom. The van der Waals surface area contributed by atoms with E-state index in [4.69, 9.17) is 0 Å². The first-order valence-electron chi connectivity index (χ1n) is 7.43. The quantitative estimate of drug-likeness (QED) is 0.885. The van der Waals surface area contributed by atoms with E-state index in [0.717, 1.165) is 12.8 Å². The number of nitrogens with zero attached hydrogens (tertiary/aromatic N) is 1. The molecule has 21 heavy (non-hydrogen) atoms. The van der Waals surface area contributed by atoms with Crippen LogP contribution in [0, 0.1) is 5.92 Å². The third-order valence-electron chi connectivity index (χ3n) is 4.42. The smallest absolute Gasteiger partial charge is 0.253 e. The van der Waals surface area contributed by atoms with E-state index < -0.39 is 0 Å². The Labute approximate surface area is 124 Å². The van der Waals surface area contributed by atoms with E-state index >= 15 is 0 Å². The van der Waals surface area contributed by atoms with Gasteiger partial charge in [-0.3, -0.25) is 9.59 Å². The molecule has 0 spiro atoms. The molecule has 3 unspecified atom stereocenters. The number of fused-ring (bicyclic) bond motifs is 2. The van der Waals surface area contributed by atoms with E-state index in [2.05, 4.69) is 10.6 Å². The maximum atomic E-state index is 12.4. The summed E-state index contributed by atoms with van der Waals surface area (Å²) in [6.07, 6.45) is 3.19. The lowest BCUT2D eigenvalue weighted by atomic mass is 9.88. The van der Waals surface area contributed by atoms with Gasteiger partial charge in [0.05, 0.1) is 5.92 Å². The highest BCUT2D eigenvalue weighted by Crippen LogP contribution is 2.33. The van der Waals surface area contributed by atoms with Crippen LogP contribution in [0.4, 0.5) is 5.69 Å². The molecule has 5 heteroatoms. The average Bonchev–Trinajstić information content (AvgIpc) is 3.09. The van der Waals surface area contributed by atoms with Gasteiger partial charge in [-0.1, -0.05) is 6.07 Å². The van der Waals surface area contributed by atoms with E-state index in [9.17, 15) is 9.59 Å². The Hall–Kier alpha value is -1.88. The molecule has 1 aromatic rings. The molecule has 3 rings (SSSR count). The lowest BCUT2D eigenvalue weighted by Gasteiger charge is -2.19. The number of hydrogen-bond donors (Lipinski definition) is 2. The Kier molecular flexibility index (Phi) is 3.68. The van der Waals surface area contributed by atoms with E-state index in [-0.39, 0.29) is 17.7 Å². The fraction of sp³-hybridized carbons (Fsp3) is 0.500. The Balaban J connectivity index is 1.69. The van der Waals surface area contributed by atoms with Gasteiger partial charge in [0.25, 0.3) is 5.91 Å². The number of benzene rings is 1. The molecule has 0 radical (unpaired) electrons. The molecule has 2 bridgehead atoms. The van der Waals surface area contributed by atoms with Crippen LogP contribution in [0.15, 0.2) is 24.3 Å². The average molecular weight is 287 g/mol. The van der Waals surface area contributed by atoms with Gasteiger partial charge >= 0.3 is 0 Å². The lowest BCUT2D eigenvalue weighted by Crippen LogP contribution is -2.32. The monoisotopic (exact) mass is 287 g/mol. The van der Waals surface area contributed by atoms with Crippen LogP contribution in [0.1, 0.15) is 29.6 Å². The van der Waals surface area contributed by atoms with E-state index in [0.29, 0.717) is 23.3 Å². The van der Waals surface area contributed by atoms with Gasteiger partial charge in [-0.2, -0.15) is 0 Å². The molecule has 2 fully saturated rings. The molecule has 112 valence electrons. The molecule has 2 aliphatic heterocycles. The van der Waals surface area contributed by atoms with Crippen molar-refractivity contribution >= 4 is 17.5 Å². The first-order valence-corrected chi connectivity index (χ1v) is 7.43. The second kappa shape index (κ2) is 5.48. The highest BCUT2D eigenvalue weighted by molar-refractivity contribution is 5.97. The normalized spacial score (nSPS) is 26.7. The van der Waals surface area contributed by atoms with Crippen LogP contribution in [0.3, 0.4) is 0 Å². The molecular formula is C16H21N3O2. The highest BCUT2D eigenvalue weighted by Gasteiger charge is 2.42. The van der Waals surface area contributed by atoms with E-state index in [1.807, 2.05) is 6.07 Å². The van der Waals surface area contributed by atoms with Crippen molar-refractivity contribution in [3.63, 3.8) is 0 Å². The highest BCUT2D eigenvalue weighted by atomic mass is 16.2. The predicted octanol–water partition coefficient (Wildman–Crippen LogP) is 1.47. The SMILES string of the molecule is CN(C)C(=O)c1cccc(NC(=O)C2CC3CCC2N3)c1. The first-order chi connectivity index (χ1) is 10.0. The summed E-state index contributed by atoms with van der Waals surface area (Å²) in [5.74, 6) is 0.0498. The molecule has 2 aliphatic rings. The Bertz CT molecular complexity index is 570. The van der Waals surface area contributed by atoms with Crippen LogP contribution in [0.2, 0.25) is 0 Å². The number of anilines is 1. The summed E-state index contributed by atoms with van der Waals surface area (Å²) in [5, 5.41) is 6.42. The van der Waals surface area contributed by atoms with Gasteiger partial charge in [0.1, 0.15) is 0 Å². The number of rotatable bonds is 3. The molecule has 1 aromatic carbocycles. The minimum Gasteiger partial charge on any atom is -0.345 e. The summed E-state index contributed by atoms with van der Waals surface area (Å²) in [6, 6.07) is 7.95. The van der Waals surface area contributed by atoms with Gasteiger partial charge in [-0.15, -0.1) is 0 Å². The van der Waals surface area contributed by atoms with Gasteiger partial charge in [-0.05, 0) is 37.5 Å². The van der Waals surface area contributed by atoms with Crippen molar-refractivity contribution in [2.75, 3.05) is 19.4 Å². The molecule has 2 heterocycles. The fourth-order valence-electron chi connectivity index (χ4n) is 3.34. The largest absolute Gasteiger partial charge is 0.345 e. The number of carbonyl (C=O) groups excluding carboxylic acids is 2. The maximum absolute atomic E-state index is 12.4. The molecule has 2 amide bonds. The predicted molar refractivity (Wildman–Crippen MR) is 81.1 cm³/mol. The summed E-state index contributed by atoms with van der Waals surface area (Å²) in [6.45, 7) is 0. The lowest BCUT2D eigenvalue weighted by molar-refractivity contribution is -0.120. The minimum atomic E-state index is -0.0623.